The summed E-state index contributed by atoms with van der Waals surface area (Å²) in [5.74, 6) is 0.244. The van der Waals surface area contributed by atoms with Crippen molar-refractivity contribution >= 4 is 37.0 Å². The highest BCUT2D eigenvalue weighted by Crippen LogP contribution is 2.69. The molecule has 0 aromatic carbocycles. The molecule has 2 atom stereocenters. The van der Waals surface area contributed by atoms with Crippen LogP contribution in [0.1, 0.15) is 0 Å². The first-order valence-corrected chi connectivity index (χ1v) is 9.41. The van der Waals surface area contributed by atoms with Crippen molar-refractivity contribution in [3.63, 3.8) is 0 Å². The Morgan fingerprint density at radius 3 is 1.95 bits per heavy atom. The van der Waals surface area contributed by atoms with Crippen LogP contribution in [0, 0.1) is 0 Å². The molecule has 0 bridgehead atoms. The summed E-state index contributed by atoms with van der Waals surface area (Å²) >= 11 is 0. The van der Waals surface area contributed by atoms with Crippen molar-refractivity contribution in [2.45, 2.75) is 0 Å². The van der Waals surface area contributed by atoms with Gasteiger partial charge in [-0.05, 0) is 6.07 Å². The van der Waals surface area contributed by atoms with Crippen LogP contribution >= 0.6 is 23.5 Å². The Kier molecular flexibility index (Phi) is 6.24. The quantitative estimate of drug-likeness (QED) is 0.270. The Bertz CT molecular complexity index is 691. The predicted molar refractivity (Wildman–Crippen MR) is 70.2 cm³/mol. The third-order valence-corrected chi connectivity index (χ3v) is 5.70. The van der Waals surface area contributed by atoms with Crippen LogP contribution in [0.25, 0.3) is 0 Å². The van der Waals surface area contributed by atoms with E-state index in [1.165, 1.54) is 12.3 Å². The minimum absolute atomic E-state index is 0.244. The summed E-state index contributed by atoms with van der Waals surface area (Å²) in [6.45, 7) is 0. The van der Waals surface area contributed by atoms with Gasteiger partial charge in [0.1, 0.15) is 5.82 Å². The maximum absolute atomic E-state index is 10.7. The summed E-state index contributed by atoms with van der Waals surface area (Å²) in [4.78, 5) is 41.8. The van der Waals surface area contributed by atoms with Crippen molar-refractivity contribution in [2.24, 2.45) is 0 Å². The normalized spacial score (nSPS) is 35.2. The van der Waals surface area contributed by atoms with Crippen LogP contribution in [0.2, 0.25) is 0 Å². The van der Waals surface area contributed by atoms with Gasteiger partial charge in [-0.25, -0.2) is 18.5 Å². The molecule has 0 spiro atoms. The molecule has 1 saturated heterocycles. The lowest BCUT2D eigenvalue weighted by Crippen LogP contribution is -2.10. The number of nitrogens with zero attached hydrogens (tertiary/aromatic N) is 1. The second kappa shape index (κ2) is 7.15. The van der Waals surface area contributed by atoms with Crippen LogP contribution < -0.4 is 11.4 Å². The molecule has 6 N–H and O–H groups in total. The fourth-order valence-electron chi connectivity index (χ4n) is 0.865. The van der Waals surface area contributed by atoms with E-state index in [1.807, 2.05) is 0 Å². The number of anilines is 1. The molecule has 1 aromatic rings. The third kappa shape index (κ3) is 7.43. The zero-order chi connectivity index (χ0) is 17.0. The zero-order valence-electron chi connectivity index (χ0n) is 10.3. The van der Waals surface area contributed by atoms with Crippen molar-refractivity contribution in [3.8, 4) is 0 Å². The van der Waals surface area contributed by atoms with Crippen molar-refractivity contribution in [2.75, 3.05) is 5.73 Å². The molecule has 1 aliphatic rings. The molecule has 14 nitrogen and oxygen atoms in total. The first kappa shape index (κ1) is 19.2. The van der Waals surface area contributed by atoms with Gasteiger partial charge >= 0.3 is 36.8 Å². The van der Waals surface area contributed by atoms with Crippen molar-refractivity contribution in [3.05, 3.63) is 22.7 Å². The van der Waals surface area contributed by atoms with Crippen LogP contribution in [0.15, 0.2) is 17.1 Å². The molecule has 0 aliphatic carbocycles. The zero-order valence-corrected chi connectivity index (χ0v) is 13.0. The highest BCUT2D eigenvalue weighted by Gasteiger charge is 2.44. The number of aromatic amines is 1. The van der Waals surface area contributed by atoms with E-state index < -0.39 is 36.8 Å². The van der Waals surface area contributed by atoms with Crippen LogP contribution in [0.5, 0.6) is 0 Å². The number of phosphoric acid groups is 3. The maximum Gasteiger partial charge on any atom is 0.489 e. The van der Waals surface area contributed by atoms with Gasteiger partial charge in [-0.1, -0.05) is 0 Å². The van der Waals surface area contributed by atoms with E-state index in [4.69, 9.17) is 20.4 Å². The molecule has 1 aromatic heterocycles. The molecule has 2 heterocycles. The van der Waals surface area contributed by atoms with Gasteiger partial charge in [0.2, 0.25) is 0 Å². The number of H-pyrrole nitrogens is 1. The summed E-state index contributed by atoms with van der Waals surface area (Å²) in [6.07, 6.45) is 1.45. The number of aromatic nitrogens is 2. The molecule has 0 saturated carbocycles. The van der Waals surface area contributed by atoms with Gasteiger partial charge in [0, 0.05) is 6.20 Å². The molecule has 22 heavy (non-hydrogen) atoms. The SMILES string of the molecule is Nc1cc[nH]c(=O)n1.O=P1(O)OBOP(=O)(O)OP(=O)(O)O1. The highest BCUT2D eigenvalue weighted by molar-refractivity contribution is 7.68. The summed E-state index contributed by atoms with van der Waals surface area (Å²) in [6, 6.07) is 1.52. The summed E-state index contributed by atoms with van der Waals surface area (Å²) < 4.78 is 46.9. The van der Waals surface area contributed by atoms with E-state index in [9.17, 15) is 18.5 Å². The Hall–Kier alpha value is -0.845. The summed E-state index contributed by atoms with van der Waals surface area (Å²) in [5.41, 5.74) is 4.72. The molecule has 1 fully saturated rings. The van der Waals surface area contributed by atoms with E-state index in [1.54, 1.807) is 0 Å². The Morgan fingerprint density at radius 2 is 1.59 bits per heavy atom. The molecule has 0 radical (unpaired) electrons. The number of rotatable bonds is 0. The second-order valence-electron chi connectivity index (χ2n) is 3.26. The molecule has 18 heteroatoms. The minimum atomic E-state index is -5.18. The van der Waals surface area contributed by atoms with E-state index >= 15 is 0 Å². The van der Waals surface area contributed by atoms with E-state index in [-0.39, 0.29) is 5.82 Å². The van der Waals surface area contributed by atoms with Crippen LogP contribution in [-0.2, 0) is 31.2 Å². The van der Waals surface area contributed by atoms with E-state index in [2.05, 4.69) is 27.5 Å². The Balaban J connectivity index is 0.000000255. The number of hydrogen-bond donors (Lipinski definition) is 5. The number of nitrogens with two attached hydrogens (primary N) is 1. The highest BCUT2D eigenvalue weighted by atomic mass is 31.3. The van der Waals surface area contributed by atoms with Crippen LogP contribution in [-0.4, -0.2) is 32.3 Å². The fourth-order valence-corrected chi connectivity index (χ4v) is 4.17. The van der Waals surface area contributed by atoms with Crippen LogP contribution in [0.3, 0.4) is 0 Å². The van der Waals surface area contributed by atoms with Crippen molar-refractivity contribution in [1.82, 2.24) is 9.97 Å². The van der Waals surface area contributed by atoms with Crippen molar-refractivity contribution in [1.29, 1.82) is 0 Å². The van der Waals surface area contributed by atoms with Gasteiger partial charge in [0.05, 0.1) is 0 Å². The molecular weight excluding hydrogens is 370 g/mol. The lowest BCUT2D eigenvalue weighted by molar-refractivity contribution is 0.188. The topological polar surface area (TPSA) is 221 Å². The van der Waals surface area contributed by atoms with Gasteiger partial charge in [-0.3, -0.25) is 0 Å². The van der Waals surface area contributed by atoms with Gasteiger partial charge in [0.15, 0.2) is 0 Å². The van der Waals surface area contributed by atoms with Gasteiger partial charge in [0.25, 0.3) is 0 Å². The van der Waals surface area contributed by atoms with E-state index in [0.29, 0.717) is 0 Å². The van der Waals surface area contributed by atoms with Crippen molar-refractivity contribution < 1.29 is 45.9 Å². The number of nitrogen functional groups attached to an aromatic ring is 1. The first-order valence-electron chi connectivity index (χ1n) is 4.92. The lowest BCUT2D eigenvalue weighted by atomic mass is 10.4. The molecule has 1 aliphatic heterocycles. The molecule has 2 unspecified atom stereocenters. The maximum atomic E-state index is 10.7. The third-order valence-electron chi connectivity index (χ3n) is 1.54. The largest absolute Gasteiger partial charge is 0.489 e. The molecule has 2 rings (SSSR count). The second-order valence-corrected chi connectivity index (χ2v) is 7.90. The predicted octanol–water partition coefficient (Wildman–Crippen LogP) is -1.01. The Morgan fingerprint density at radius 1 is 1.09 bits per heavy atom. The monoisotopic (exact) mass is 379 g/mol. The minimum Gasteiger partial charge on any atom is -0.383 e. The van der Waals surface area contributed by atoms with Gasteiger partial charge in [-0.15, -0.1) is 0 Å². The first-order chi connectivity index (χ1) is 9.91. The standard InChI is InChI=1S/C4H5N3O.BH4O10P3/c5-3-1-2-6-4(8)7-3;2-12(3)8-1-9-13(4,5)11-14(6,7)10-12/h1-2H,(H3,5,6,7,8);1H,(H,2,3)(H,4,5)(H,6,7). The molecule has 0 amide bonds. The van der Waals surface area contributed by atoms with Gasteiger partial charge < -0.3 is 34.3 Å². The average Bonchev–Trinajstić information content (AvgIpc) is 2.23. The lowest BCUT2D eigenvalue weighted by Gasteiger charge is -2.21. The molecular formula is C4H9BN3O11P3. The Labute approximate surface area is 122 Å². The summed E-state index contributed by atoms with van der Waals surface area (Å²) in [5, 5.41) is 0. The number of nitrogens with one attached hydrogen (secondary N) is 1. The summed E-state index contributed by atoms with van der Waals surface area (Å²) in [7, 11) is -15.9. The smallest absolute Gasteiger partial charge is 0.383 e. The van der Waals surface area contributed by atoms with E-state index in [0.717, 1.165) is 0 Å². The molecule has 124 valence electrons. The average molecular weight is 379 g/mol. The van der Waals surface area contributed by atoms with Crippen LogP contribution in [0.4, 0.5) is 5.82 Å². The van der Waals surface area contributed by atoms with Gasteiger partial charge in [-0.2, -0.15) is 13.6 Å². The fraction of sp³-hybridized carbons (Fsp3) is 0. The number of hydrogen-bond acceptors (Lipinski definition) is 10.